The van der Waals surface area contributed by atoms with Crippen molar-refractivity contribution < 1.29 is 12.9 Å². The zero-order valence-electron chi connectivity index (χ0n) is 14.9. The van der Waals surface area contributed by atoms with E-state index in [-0.39, 0.29) is 4.90 Å². The Labute approximate surface area is 158 Å². The second-order valence-electron chi connectivity index (χ2n) is 6.25. The molecule has 1 heterocycles. The van der Waals surface area contributed by atoms with Crippen LogP contribution in [0.5, 0.6) is 0 Å². The number of hydrogen-bond donors (Lipinski definition) is 1. The van der Waals surface area contributed by atoms with Gasteiger partial charge in [0.15, 0.2) is 0 Å². The lowest BCUT2D eigenvalue weighted by atomic mass is 10.0. The minimum Gasteiger partial charge on any atom is -0.361 e. The smallest absolute Gasteiger partial charge is 0.262 e. The number of sulfonamides is 1. The molecule has 5 nitrogen and oxygen atoms in total. The molecule has 136 valence electrons. The van der Waals surface area contributed by atoms with Crippen LogP contribution in [0.15, 0.2) is 45.8 Å². The fourth-order valence-corrected chi connectivity index (χ4v) is 4.31. The Bertz CT molecular complexity index is 1070. The number of aryl methyl sites for hydroxylation is 4. The average molecular weight is 391 g/mol. The molecule has 0 saturated carbocycles. The van der Waals surface area contributed by atoms with E-state index in [0.717, 1.165) is 16.7 Å². The summed E-state index contributed by atoms with van der Waals surface area (Å²) in [7, 11) is -3.77. The van der Waals surface area contributed by atoms with E-state index in [4.69, 9.17) is 16.1 Å². The molecule has 0 spiro atoms. The summed E-state index contributed by atoms with van der Waals surface area (Å²) in [5, 5.41) is 4.44. The lowest BCUT2D eigenvalue weighted by Crippen LogP contribution is -2.14. The molecule has 1 N–H and O–H groups in total. The first-order chi connectivity index (χ1) is 12.2. The van der Waals surface area contributed by atoms with Gasteiger partial charge in [0, 0.05) is 10.6 Å². The third kappa shape index (κ3) is 3.48. The lowest BCUT2D eigenvalue weighted by molar-refractivity contribution is 0.393. The minimum absolute atomic E-state index is 0.201. The highest BCUT2D eigenvalue weighted by atomic mass is 35.5. The van der Waals surface area contributed by atoms with Gasteiger partial charge in [-0.05, 0) is 62.6 Å². The van der Waals surface area contributed by atoms with Crippen LogP contribution in [0.2, 0.25) is 5.02 Å². The molecule has 0 radical (unpaired) electrons. The van der Waals surface area contributed by atoms with Crippen LogP contribution in [0.3, 0.4) is 0 Å². The molecule has 0 unspecified atom stereocenters. The van der Waals surface area contributed by atoms with Crippen LogP contribution in [0.25, 0.3) is 11.1 Å². The molecule has 0 atom stereocenters. The molecule has 26 heavy (non-hydrogen) atoms. The van der Waals surface area contributed by atoms with Crippen LogP contribution in [0, 0.1) is 27.7 Å². The Balaban J connectivity index is 2.04. The first kappa shape index (κ1) is 18.5. The molecule has 0 saturated heterocycles. The van der Waals surface area contributed by atoms with Gasteiger partial charge >= 0.3 is 0 Å². The summed E-state index contributed by atoms with van der Waals surface area (Å²) in [5.74, 6) is 0.646. The summed E-state index contributed by atoms with van der Waals surface area (Å²) >= 11 is 6.10. The van der Waals surface area contributed by atoms with Gasteiger partial charge in [0.05, 0.1) is 16.3 Å². The normalized spacial score (nSPS) is 11.6. The van der Waals surface area contributed by atoms with Gasteiger partial charge in [-0.2, -0.15) is 0 Å². The second kappa shape index (κ2) is 6.78. The van der Waals surface area contributed by atoms with E-state index in [1.807, 2.05) is 19.9 Å². The van der Waals surface area contributed by atoms with Gasteiger partial charge in [0.25, 0.3) is 10.0 Å². The van der Waals surface area contributed by atoms with Crippen molar-refractivity contribution in [3.05, 3.63) is 64.0 Å². The van der Waals surface area contributed by atoms with E-state index >= 15 is 0 Å². The molecule has 0 aliphatic heterocycles. The van der Waals surface area contributed by atoms with Crippen molar-refractivity contribution in [1.29, 1.82) is 0 Å². The van der Waals surface area contributed by atoms with Crippen LogP contribution in [-0.2, 0) is 10.0 Å². The van der Waals surface area contributed by atoms with Gasteiger partial charge in [0.2, 0.25) is 0 Å². The van der Waals surface area contributed by atoms with Crippen molar-refractivity contribution in [2.75, 3.05) is 4.72 Å². The van der Waals surface area contributed by atoms with Crippen molar-refractivity contribution in [2.24, 2.45) is 0 Å². The van der Waals surface area contributed by atoms with E-state index < -0.39 is 10.0 Å². The Morgan fingerprint density at radius 1 is 1.00 bits per heavy atom. The highest BCUT2D eigenvalue weighted by molar-refractivity contribution is 7.92. The topological polar surface area (TPSA) is 72.2 Å². The number of hydrogen-bond acceptors (Lipinski definition) is 4. The summed E-state index contributed by atoms with van der Waals surface area (Å²) in [4.78, 5) is 0.201. The third-order valence-corrected chi connectivity index (χ3v) is 6.15. The number of anilines is 1. The minimum atomic E-state index is -3.77. The number of rotatable bonds is 4. The van der Waals surface area contributed by atoms with Crippen molar-refractivity contribution in [3.8, 4) is 11.1 Å². The maximum absolute atomic E-state index is 12.9. The highest BCUT2D eigenvalue weighted by Crippen LogP contribution is 2.31. The Hall–Kier alpha value is -2.31. The molecule has 0 aliphatic rings. The van der Waals surface area contributed by atoms with Gasteiger partial charge in [-0.3, -0.25) is 4.72 Å². The van der Waals surface area contributed by atoms with Gasteiger partial charge in [-0.15, -0.1) is 0 Å². The summed E-state index contributed by atoms with van der Waals surface area (Å²) in [6.45, 7) is 7.24. The van der Waals surface area contributed by atoms with Crippen LogP contribution < -0.4 is 4.72 Å². The van der Waals surface area contributed by atoms with Crippen molar-refractivity contribution in [1.82, 2.24) is 5.16 Å². The predicted molar refractivity (Wildman–Crippen MR) is 103 cm³/mol. The standard InChI is InChI=1S/C19H19ClN2O3S/c1-11-6-8-16(10-17(11)20)22-26(23,24)18-9-15(7-5-12(18)2)19-13(3)21-25-14(19)4/h5-10,22H,1-4H3. The SMILES string of the molecule is Cc1ccc(NS(=O)(=O)c2cc(-c3c(C)noc3C)ccc2C)cc1Cl. The molecule has 3 rings (SSSR count). The fourth-order valence-electron chi connectivity index (χ4n) is 2.81. The Morgan fingerprint density at radius 3 is 2.31 bits per heavy atom. The molecule has 0 aliphatic carbocycles. The molecule has 7 heteroatoms. The zero-order chi connectivity index (χ0) is 19.1. The number of nitrogens with zero attached hydrogens (tertiary/aromatic N) is 1. The summed E-state index contributed by atoms with van der Waals surface area (Å²) in [6.07, 6.45) is 0. The molecule has 0 bridgehead atoms. The molecule has 3 aromatic rings. The molecule has 0 fully saturated rings. The second-order valence-corrected chi connectivity index (χ2v) is 8.31. The third-order valence-electron chi connectivity index (χ3n) is 4.22. The zero-order valence-corrected chi connectivity index (χ0v) is 16.5. The average Bonchev–Trinajstić information content (AvgIpc) is 2.90. The first-order valence-electron chi connectivity index (χ1n) is 8.02. The molecular weight excluding hydrogens is 372 g/mol. The van der Waals surface area contributed by atoms with Crippen molar-refractivity contribution in [2.45, 2.75) is 32.6 Å². The number of nitrogens with one attached hydrogen (secondary N) is 1. The fraction of sp³-hybridized carbons (Fsp3) is 0.211. The van der Waals surface area contributed by atoms with Crippen LogP contribution in [0.1, 0.15) is 22.6 Å². The van der Waals surface area contributed by atoms with E-state index in [1.165, 1.54) is 0 Å². The molecule has 2 aromatic carbocycles. The first-order valence-corrected chi connectivity index (χ1v) is 9.88. The Kier molecular flexibility index (Phi) is 4.82. The van der Waals surface area contributed by atoms with Crippen LogP contribution in [0.4, 0.5) is 5.69 Å². The largest absolute Gasteiger partial charge is 0.361 e. The van der Waals surface area contributed by atoms with Gasteiger partial charge in [0.1, 0.15) is 5.76 Å². The predicted octanol–water partition coefficient (Wildman–Crippen LogP) is 5.03. The van der Waals surface area contributed by atoms with E-state index in [9.17, 15) is 8.42 Å². The van der Waals surface area contributed by atoms with Gasteiger partial charge in [-0.1, -0.05) is 35.0 Å². The van der Waals surface area contributed by atoms with Crippen LogP contribution in [-0.4, -0.2) is 13.6 Å². The summed E-state index contributed by atoms with van der Waals surface area (Å²) in [5.41, 5.74) is 4.21. The maximum Gasteiger partial charge on any atom is 0.262 e. The van der Waals surface area contributed by atoms with E-state index in [2.05, 4.69) is 9.88 Å². The number of halogens is 1. The maximum atomic E-state index is 12.9. The summed E-state index contributed by atoms with van der Waals surface area (Å²) in [6, 6.07) is 10.3. The quantitative estimate of drug-likeness (QED) is 0.678. The highest BCUT2D eigenvalue weighted by Gasteiger charge is 2.20. The molecular formula is C19H19ClN2O3S. The van der Waals surface area contributed by atoms with Crippen molar-refractivity contribution >= 4 is 27.3 Å². The summed E-state index contributed by atoms with van der Waals surface area (Å²) < 4.78 is 33.6. The molecule has 0 amide bonds. The van der Waals surface area contributed by atoms with Gasteiger partial charge < -0.3 is 4.52 Å². The lowest BCUT2D eigenvalue weighted by Gasteiger charge is -2.13. The monoisotopic (exact) mass is 390 g/mol. The van der Waals surface area contributed by atoms with E-state index in [0.29, 0.717) is 27.7 Å². The van der Waals surface area contributed by atoms with E-state index in [1.54, 1.807) is 44.2 Å². The number of benzene rings is 2. The number of aromatic nitrogens is 1. The van der Waals surface area contributed by atoms with Crippen LogP contribution >= 0.6 is 11.6 Å². The Morgan fingerprint density at radius 2 is 1.69 bits per heavy atom. The van der Waals surface area contributed by atoms with Crippen molar-refractivity contribution in [3.63, 3.8) is 0 Å². The van der Waals surface area contributed by atoms with Gasteiger partial charge in [-0.25, -0.2) is 8.42 Å². The molecule has 1 aromatic heterocycles.